The summed E-state index contributed by atoms with van der Waals surface area (Å²) in [6, 6.07) is 12.9. The van der Waals surface area contributed by atoms with Crippen molar-refractivity contribution in [3.05, 3.63) is 56.9 Å². The van der Waals surface area contributed by atoms with Crippen molar-refractivity contribution in [2.75, 3.05) is 5.32 Å². The lowest BCUT2D eigenvalue weighted by molar-refractivity contribution is -0.116. The van der Waals surface area contributed by atoms with Gasteiger partial charge in [0.1, 0.15) is 27.7 Å². The van der Waals surface area contributed by atoms with Crippen LogP contribution < -0.4 is 10.9 Å². The van der Waals surface area contributed by atoms with Crippen molar-refractivity contribution < 1.29 is 4.79 Å². The van der Waals surface area contributed by atoms with E-state index in [4.69, 9.17) is 0 Å². The van der Waals surface area contributed by atoms with E-state index in [0.29, 0.717) is 33.6 Å². The van der Waals surface area contributed by atoms with Crippen LogP contribution in [0.3, 0.4) is 0 Å². The minimum absolute atomic E-state index is 0.167. The van der Waals surface area contributed by atoms with E-state index in [2.05, 4.69) is 32.3 Å². The van der Waals surface area contributed by atoms with Crippen molar-refractivity contribution in [1.29, 1.82) is 5.26 Å². The number of hydrogen-bond donors (Lipinski definition) is 2. The average molecular weight is 413 g/mol. The number of rotatable bonds is 5. The van der Waals surface area contributed by atoms with Crippen molar-refractivity contribution >= 4 is 33.3 Å². The molecule has 0 fully saturated rings. The number of nitriles is 1. The van der Waals surface area contributed by atoms with Gasteiger partial charge in [0.15, 0.2) is 0 Å². The maximum Gasteiger partial charge on any atom is 0.253 e. The van der Waals surface area contributed by atoms with Gasteiger partial charge in [0, 0.05) is 18.1 Å². The summed E-state index contributed by atoms with van der Waals surface area (Å²) in [4.78, 5) is 26.9. The number of nitrogens with zero attached hydrogens (tertiary/aromatic N) is 2. The highest BCUT2D eigenvalue weighted by Gasteiger charge is 2.21. The summed E-state index contributed by atoms with van der Waals surface area (Å²) in [5, 5.41) is 12.5. The van der Waals surface area contributed by atoms with E-state index in [9.17, 15) is 14.9 Å². The quantitative estimate of drug-likeness (QED) is 0.661. The number of amides is 1. The first-order chi connectivity index (χ1) is 12.6. The Kier molecular flexibility index (Phi) is 5.24. The molecule has 2 N–H and O–H groups in total. The number of carbonyl (C=O) groups excluding carboxylic acids is 1. The van der Waals surface area contributed by atoms with Gasteiger partial charge >= 0.3 is 0 Å². The molecular weight excluding hydrogens is 396 g/mol. The lowest BCUT2D eigenvalue weighted by atomic mass is 10.1. The molecule has 1 amide bonds. The molecule has 3 aromatic rings. The molecule has 3 rings (SSSR count). The number of anilines is 1. The number of aromatic nitrogens is 2. The molecule has 2 heterocycles. The van der Waals surface area contributed by atoms with Gasteiger partial charge in [0.25, 0.3) is 5.56 Å². The maximum atomic E-state index is 12.2. The number of unbranched alkanes of at least 4 members (excludes halogenated alkanes) is 1. The number of nitrogens with one attached hydrogen (secondary N) is 2. The Balaban J connectivity index is 2.23. The first kappa shape index (κ1) is 18.0. The first-order valence-electron chi connectivity index (χ1n) is 8.29. The maximum absolute atomic E-state index is 12.2. The van der Waals surface area contributed by atoms with Crippen molar-refractivity contribution in [2.24, 2.45) is 0 Å². The Morgan fingerprint density at radius 3 is 2.73 bits per heavy atom. The molecule has 132 valence electrons. The van der Waals surface area contributed by atoms with E-state index in [1.807, 2.05) is 37.3 Å². The van der Waals surface area contributed by atoms with Crippen molar-refractivity contribution in [2.45, 2.75) is 26.2 Å². The zero-order chi connectivity index (χ0) is 18.7. The van der Waals surface area contributed by atoms with Crippen molar-refractivity contribution in [3.63, 3.8) is 0 Å². The Bertz CT molecular complexity index is 1060. The molecule has 0 aliphatic carbocycles. The van der Waals surface area contributed by atoms with Crippen LogP contribution in [0, 0.1) is 11.3 Å². The fourth-order valence-corrected chi connectivity index (χ4v) is 3.64. The van der Waals surface area contributed by atoms with Crippen LogP contribution in [-0.2, 0) is 4.79 Å². The zero-order valence-corrected chi connectivity index (χ0v) is 15.8. The van der Waals surface area contributed by atoms with Gasteiger partial charge in [0.05, 0.1) is 0 Å². The highest BCUT2D eigenvalue weighted by atomic mass is 79.9. The zero-order valence-electron chi connectivity index (χ0n) is 14.2. The summed E-state index contributed by atoms with van der Waals surface area (Å²) in [5.74, 6) is 0.162. The largest absolute Gasteiger partial charge is 0.312 e. The van der Waals surface area contributed by atoms with Crippen LogP contribution in [0.5, 0.6) is 0 Å². The smallest absolute Gasteiger partial charge is 0.253 e. The van der Waals surface area contributed by atoms with Crippen molar-refractivity contribution in [1.82, 2.24) is 9.38 Å². The molecule has 0 aliphatic rings. The molecule has 0 saturated carbocycles. The van der Waals surface area contributed by atoms with E-state index < -0.39 is 0 Å². The van der Waals surface area contributed by atoms with E-state index in [1.54, 1.807) is 4.40 Å². The predicted molar refractivity (Wildman–Crippen MR) is 104 cm³/mol. The van der Waals surface area contributed by atoms with Gasteiger partial charge in [-0.25, -0.2) is 0 Å². The van der Waals surface area contributed by atoms with Crippen LogP contribution in [0.1, 0.15) is 31.7 Å². The number of hydrogen-bond acceptors (Lipinski definition) is 3. The minimum Gasteiger partial charge on any atom is -0.312 e. The summed E-state index contributed by atoms with van der Waals surface area (Å²) >= 11 is 3.54. The normalized spacial score (nSPS) is 10.7. The Morgan fingerprint density at radius 2 is 2.08 bits per heavy atom. The number of H-pyrrole nitrogens is 1. The lowest BCUT2D eigenvalue weighted by Crippen LogP contribution is -2.18. The third kappa shape index (κ3) is 3.28. The molecule has 7 heteroatoms. The highest BCUT2D eigenvalue weighted by Crippen LogP contribution is 2.36. The third-order valence-corrected chi connectivity index (χ3v) is 4.81. The molecular formula is C19H17BrN4O2. The standard InChI is InChI=1S/C19H17BrN4O2/c1-2-3-9-15(25)22-14-10-16(26)23-19-13(11-21)17(18(20)24(14)19)12-7-5-4-6-8-12/h4-8,10H,2-3,9H2,1H3,(H,22,25)(H,23,26). The first-order valence-corrected chi connectivity index (χ1v) is 9.08. The van der Waals surface area contributed by atoms with Crippen LogP contribution >= 0.6 is 15.9 Å². The number of benzene rings is 1. The molecule has 0 unspecified atom stereocenters. The number of halogens is 1. The van der Waals surface area contributed by atoms with Gasteiger partial charge in [-0.2, -0.15) is 5.26 Å². The third-order valence-electron chi connectivity index (χ3n) is 4.06. The van der Waals surface area contributed by atoms with Crippen LogP contribution in [0.2, 0.25) is 0 Å². The Labute approximate surface area is 158 Å². The number of aromatic amines is 1. The average Bonchev–Trinajstić information content (AvgIpc) is 2.92. The van der Waals surface area contributed by atoms with Crippen LogP contribution in [-0.4, -0.2) is 15.3 Å². The second-order valence-corrected chi connectivity index (χ2v) is 6.62. The second kappa shape index (κ2) is 7.58. The lowest BCUT2D eigenvalue weighted by Gasteiger charge is -2.09. The van der Waals surface area contributed by atoms with E-state index in [0.717, 1.165) is 18.4 Å². The minimum atomic E-state index is -0.385. The number of fused-ring (bicyclic) bond motifs is 1. The van der Waals surface area contributed by atoms with Gasteiger partial charge < -0.3 is 10.3 Å². The van der Waals surface area contributed by atoms with Gasteiger partial charge in [-0.05, 0) is 27.9 Å². The Morgan fingerprint density at radius 1 is 1.35 bits per heavy atom. The predicted octanol–water partition coefficient (Wildman–Crippen LogP) is 4.06. The van der Waals surface area contributed by atoms with E-state index in [1.165, 1.54) is 6.07 Å². The molecule has 0 aliphatic heterocycles. The topological polar surface area (TPSA) is 90.2 Å². The van der Waals surface area contributed by atoms with Crippen LogP contribution in [0.4, 0.5) is 5.82 Å². The summed E-state index contributed by atoms with van der Waals surface area (Å²) < 4.78 is 2.24. The van der Waals surface area contributed by atoms with E-state index in [-0.39, 0.29) is 11.5 Å². The fraction of sp³-hybridized carbons (Fsp3) is 0.211. The molecule has 0 radical (unpaired) electrons. The molecule has 0 bridgehead atoms. The summed E-state index contributed by atoms with van der Waals surface area (Å²) in [6.07, 6.45) is 2.05. The van der Waals surface area contributed by atoms with Gasteiger partial charge in [-0.15, -0.1) is 0 Å². The Hall–Kier alpha value is -2.85. The molecule has 26 heavy (non-hydrogen) atoms. The second-order valence-electron chi connectivity index (χ2n) is 5.87. The molecule has 0 saturated heterocycles. The summed E-state index contributed by atoms with van der Waals surface area (Å²) in [7, 11) is 0. The van der Waals surface area contributed by atoms with Gasteiger partial charge in [-0.3, -0.25) is 14.0 Å². The SMILES string of the molecule is CCCCC(=O)Nc1cc(=O)[nH]c2c(C#N)c(-c3ccccc3)c(Br)n12. The highest BCUT2D eigenvalue weighted by molar-refractivity contribution is 9.10. The van der Waals surface area contributed by atoms with Crippen LogP contribution in [0.15, 0.2) is 45.8 Å². The van der Waals surface area contributed by atoms with E-state index >= 15 is 0 Å². The monoisotopic (exact) mass is 412 g/mol. The molecule has 6 nitrogen and oxygen atoms in total. The molecule has 2 aromatic heterocycles. The molecule has 1 aromatic carbocycles. The summed E-state index contributed by atoms with van der Waals surface area (Å²) in [6.45, 7) is 2.01. The van der Waals surface area contributed by atoms with Crippen molar-refractivity contribution in [3.8, 4) is 17.2 Å². The fourth-order valence-electron chi connectivity index (χ4n) is 2.84. The van der Waals surface area contributed by atoms with Gasteiger partial charge in [-0.1, -0.05) is 43.7 Å². The van der Waals surface area contributed by atoms with Gasteiger partial charge in [0.2, 0.25) is 5.91 Å². The van der Waals surface area contributed by atoms with Crippen LogP contribution in [0.25, 0.3) is 16.8 Å². The molecule has 0 spiro atoms. The number of carbonyl (C=O) groups is 1. The molecule has 0 atom stereocenters. The summed E-state index contributed by atoms with van der Waals surface area (Å²) in [5.41, 5.74) is 1.80.